The molecule has 1 saturated carbocycles. The summed E-state index contributed by atoms with van der Waals surface area (Å²) in [5, 5.41) is 10.7. The van der Waals surface area contributed by atoms with Gasteiger partial charge in [-0.3, -0.25) is 14.8 Å². The number of nitrogens with one attached hydrogen (secondary N) is 2. The van der Waals surface area contributed by atoms with E-state index in [1.807, 2.05) is 36.2 Å². The maximum atomic E-state index is 13.3. The van der Waals surface area contributed by atoms with Crippen LogP contribution >= 0.6 is 0 Å². The average Bonchev–Trinajstić information content (AvgIpc) is 3.54. The molecule has 2 N–H and O–H groups in total. The second-order valence-corrected chi connectivity index (χ2v) is 11.7. The van der Waals surface area contributed by atoms with Crippen LogP contribution in [0.5, 0.6) is 6.01 Å². The molecule has 0 radical (unpaired) electrons. The number of hydrogen-bond acceptors (Lipinski definition) is 9. The zero-order chi connectivity index (χ0) is 29.7. The van der Waals surface area contributed by atoms with Gasteiger partial charge in [-0.15, -0.1) is 0 Å². The summed E-state index contributed by atoms with van der Waals surface area (Å²) < 4.78 is 5.05. The van der Waals surface area contributed by atoms with E-state index in [4.69, 9.17) is 14.7 Å². The van der Waals surface area contributed by atoms with Crippen molar-refractivity contribution in [3.8, 4) is 28.5 Å². The second kappa shape index (κ2) is 12.6. The van der Waals surface area contributed by atoms with Crippen LogP contribution in [0.3, 0.4) is 0 Å². The molecule has 0 atom stereocenters. The van der Waals surface area contributed by atoms with E-state index in [0.29, 0.717) is 24.2 Å². The average molecular weight is 570 g/mol. The zero-order valence-electron chi connectivity index (χ0n) is 25.0. The number of aromatic amines is 1. The van der Waals surface area contributed by atoms with Crippen LogP contribution in [0.15, 0.2) is 49.2 Å². The molecule has 42 heavy (non-hydrogen) atoms. The Morgan fingerprint density at radius 3 is 2.33 bits per heavy atom. The van der Waals surface area contributed by atoms with Gasteiger partial charge in [0.1, 0.15) is 5.82 Å². The monoisotopic (exact) mass is 569 g/mol. The topological polar surface area (TPSA) is 135 Å². The first-order valence-electron chi connectivity index (χ1n) is 14.5. The van der Waals surface area contributed by atoms with Gasteiger partial charge in [0.25, 0.3) is 0 Å². The normalized spacial score (nSPS) is 17.1. The highest BCUT2D eigenvalue weighted by Gasteiger charge is 2.31. The number of anilines is 2. The molecule has 4 heterocycles. The highest BCUT2D eigenvalue weighted by atomic mass is 16.5. The lowest BCUT2D eigenvalue weighted by atomic mass is 9.86. The van der Waals surface area contributed by atoms with Crippen LogP contribution in [0.2, 0.25) is 0 Å². The van der Waals surface area contributed by atoms with Crippen LogP contribution < -0.4 is 15.0 Å². The molecule has 1 aliphatic carbocycles. The number of carbonyl (C=O) groups is 1. The number of rotatable bonds is 9. The Bertz CT molecular complexity index is 1460. The highest BCUT2D eigenvalue weighted by molar-refractivity contribution is 5.93. The predicted molar refractivity (Wildman–Crippen MR) is 162 cm³/mol. The van der Waals surface area contributed by atoms with Gasteiger partial charge in [0.05, 0.1) is 18.5 Å². The van der Waals surface area contributed by atoms with Gasteiger partial charge < -0.3 is 10.1 Å². The Hall–Kier alpha value is -4.41. The van der Waals surface area contributed by atoms with Crippen molar-refractivity contribution in [2.75, 3.05) is 17.3 Å². The van der Waals surface area contributed by atoms with Crippen LogP contribution in [0, 0.1) is 0 Å². The third kappa shape index (κ3) is 6.56. The number of pyridine rings is 1. The Morgan fingerprint density at radius 1 is 1.00 bits per heavy atom. The Kier molecular flexibility index (Phi) is 8.75. The first-order valence-corrected chi connectivity index (χ1v) is 14.5. The van der Waals surface area contributed by atoms with Gasteiger partial charge in [0.15, 0.2) is 0 Å². The van der Waals surface area contributed by atoms with Crippen LogP contribution in [-0.4, -0.2) is 60.2 Å². The molecule has 4 aromatic rings. The van der Waals surface area contributed by atoms with Gasteiger partial charge in [0, 0.05) is 66.2 Å². The van der Waals surface area contributed by atoms with E-state index in [1.165, 1.54) is 7.11 Å². The molecule has 220 valence electrons. The second-order valence-electron chi connectivity index (χ2n) is 11.7. The fraction of sp³-hybridized carbons (Fsp3) is 0.452. The number of carbonyl (C=O) groups excluding carboxylic acids is 1. The summed E-state index contributed by atoms with van der Waals surface area (Å²) in [4.78, 5) is 37.8. The van der Waals surface area contributed by atoms with E-state index in [1.54, 1.807) is 24.8 Å². The molecule has 0 saturated heterocycles. The molecule has 1 aliphatic rings. The maximum Gasteiger partial charge on any atom is 0.316 e. The highest BCUT2D eigenvalue weighted by Crippen LogP contribution is 2.33. The summed E-state index contributed by atoms with van der Waals surface area (Å²) in [5.41, 5.74) is 4.39. The van der Waals surface area contributed by atoms with Crippen molar-refractivity contribution in [1.29, 1.82) is 0 Å². The number of ether oxygens (including phenoxy) is 1. The fourth-order valence-electron chi connectivity index (χ4n) is 5.38. The number of nitrogens with zero attached hydrogens (tertiary/aromatic N) is 7. The van der Waals surface area contributed by atoms with E-state index in [9.17, 15) is 4.79 Å². The van der Waals surface area contributed by atoms with Crippen molar-refractivity contribution in [2.45, 2.75) is 83.7 Å². The quantitative estimate of drug-likeness (QED) is 0.265. The minimum absolute atomic E-state index is 0.0782. The first-order chi connectivity index (χ1) is 20.3. The molecule has 0 bridgehead atoms. The molecule has 1 fully saturated rings. The lowest BCUT2D eigenvalue weighted by molar-refractivity contribution is -0.119. The van der Waals surface area contributed by atoms with Gasteiger partial charge in [-0.25, -0.2) is 24.9 Å². The minimum atomic E-state index is -0.111. The lowest BCUT2D eigenvalue weighted by Crippen LogP contribution is -2.44. The Morgan fingerprint density at radius 2 is 1.74 bits per heavy atom. The molecule has 0 spiro atoms. The number of aromatic nitrogens is 7. The van der Waals surface area contributed by atoms with E-state index in [0.717, 1.165) is 60.2 Å². The lowest BCUT2D eigenvalue weighted by Gasteiger charge is -2.36. The van der Waals surface area contributed by atoms with Crippen molar-refractivity contribution >= 4 is 17.7 Å². The van der Waals surface area contributed by atoms with E-state index < -0.39 is 0 Å². The summed E-state index contributed by atoms with van der Waals surface area (Å²) in [5.74, 6) is 1.38. The van der Waals surface area contributed by atoms with Gasteiger partial charge in [-0.2, -0.15) is 5.10 Å². The number of H-pyrrole nitrogens is 1. The summed E-state index contributed by atoms with van der Waals surface area (Å²) in [6.45, 7) is 8.49. The van der Waals surface area contributed by atoms with Crippen molar-refractivity contribution < 1.29 is 9.53 Å². The van der Waals surface area contributed by atoms with Crippen molar-refractivity contribution in [1.82, 2.24) is 35.1 Å². The van der Waals surface area contributed by atoms with Gasteiger partial charge in [-0.05, 0) is 55.7 Å². The molecule has 11 nitrogen and oxygen atoms in total. The van der Waals surface area contributed by atoms with Crippen LogP contribution in [0.4, 0.5) is 11.8 Å². The predicted octanol–water partition coefficient (Wildman–Crippen LogP) is 5.58. The zero-order valence-corrected chi connectivity index (χ0v) is 25.0. The van der Waals surface area contributed by atoms with Crippen LogP contribution in [0.25, 0.3) is 22.5 Å². The molecule has 4 aromatic heterocycles. The molecular weight excluding hydrogens is 530 g/mol. The summed E-state index contributed by atoms with van der Waals surface area (Å²) in [6.07, 6.45) is 13.6. The summed E-state index contributed by atoms with van der Waals surface area (Å²) >= 11 is 0. The maximum absolute atomic E-state index is 13.3. The molecule has 11 heteroatoms. The minimum Gasteiger partial charge on any atom is -0.467 e. The van der Waals surface area contributed by atoms with Crippen LogP contribution in [0.1, 0.15) is 71.8 Å². The van der Waals surface area contributed by atoms with Crippen LogP contribution in [-0.2, 0) is 10.2 Å². The SMILES string of the molecule is CCCC(=O)N(c1ccc(-c2cnc(OC)nc2)cn1)C1CCC(Nc2ncc(C(C)(C)C)c(-c3ccn[nH]3)n2)CC1. The van der Waals surface area contributed by atoms with Gasteiger partial charge in [0.2, 0.25) is 11.9 Å². The molecule has 5 rings (SSSR count). The third-order valence-corrected chi connectivity index (χ3v) is 7.62. The van der Waals surface area contributed by atoms with E-state index in [2.05, 4.69) is 51.2 Å². The molecular formula is C31H39N9O2. The smallest absolute Gasteiger partial charge is 0.316 e. The Labute approximate surface area is 246 Å². The van der Waals surface area contributed by atoms with E-state index >= 15 is 0 Å². The summed E-state index contributed by atoms with van der Waals surface area (Å²) in [7, 11) is 1.54. The van der Waals surface area contributed by atoms with Crippen molar-refractivity contribution in [2.24, 2.45) is 0 Å². The molecule has 1 amide bonds. The number of hydrogen-bond donors (Lipinski definition) is 2. The van der Waals surface area contributed by atoms with Gasteiger partial charge >= 0.3 is 6.01 Å². The third-order valence-electron chi connectivity index (χ3n) is 7.62. The largest absolute Gasteiger partial charge is 0.467 e. The van der Waals surface area contributed by atoms with E-state index in [-0.39, 0.29) is 23.4 Å². The molecule has 0 aromatic carbocycles. The molecule has 0 aliphatic heterocycles. The Balaban J connectivity index is 1.28. The summed E-state index contributed by atoms with van der Waals surface area (Å²) in [6, 6.07) is 6.41. The fourth-order valence-corrected chi connectivity index (χ4v) is 5.38. The standard InChI is InChI=1S/C31H39N9O2/c1-6-7-27(41)40(26-13-8-20(16-32-26)21-17-34-30(42-5)35-18-21)23-11-9-22(10-12-23)37-29-33-19-24(31(2,3)4)28(38-29)25-14-15-36-39-25/h8,13-19,22-23H,6-7,9-12H2,1-5H3,(H,36,39)(H,33,37,38). The number of amides is 1. The first kappa shape index (κ1) is 29.1. The van der Waals surface area contributed by atoms with Crippen molar-refractivity contribution in [3.05, 3.63) is 54.7 Å². The van der Waals surface area contributed by atoms with Gasteiger partial charge in [-0.1, -0.05) is 27.7 Å². The van der Waals surface area contributed by atoms with Crippen molar-refractivity contribution in [3.63, 3.8) is 0 Å². The molecule has 0 unspecified atom stereocenters. The number of methoxy groups -OCH3 is 1.